The van der Waals surface area contributed by atoms with Crippen LogP contribution < -0.4 is 0 Å². The number of hydrogen-bond acceptors (Lipinski definition) is 2. The topological polar surface area (TPSA) is 34.9 Å². The average Bonchev–Trinajstić information content (AvgIpc) is 2.59. The largest absolute Gasteiger partial charge is 0.294 e. The molecular weight excluding hydrogens is 188 g/mol. The molecule has 0 amide bonds. The van der Waals surface area contributed by atoms with Crippen molar-refractivity contribution < 1.29 is 4.79 Å². The molecule has 82 valence electrons. The monoisotopic (exact) mass is 206 g/mol. The van der Waals surface area contributed by atoms with Crippen molar-refractivity contribution in [3.8, 4) is 0 Å². The summed E-state index contributed by atoms with van der Waals surface area (Å²) in [5, 5.41) is 4.25. The van der Waals surface area contributed by atoms with Gasteiger partial charge < -0.3 is 0 Å². The fourth-order valence-corrected chi connectivity index (χ4v) is 1.48. The van der Waals surface area contributed by atoms with E-state index >= 15 is 0 Å². The third-order valence-corrected chi connectivity index (χ3v) is 2.45. The molecule has 3 heteroatoms. The van der Waals surface area contributed by atoms with E-state index in [1.165, 1.54) is 0 Å². The van der Waals surface area contributed by atoms with Gasteiger partial charge in [-0.3, -0.25) is 9.48 Å². The maximum absolute atomic E-state index is 11.9. The van der Waals surface area contributed by atoms with Gasteiger partial charge in [-0.1, -0.05) is 26.0 Å². The van der Waals surface area contributed by atoms with Gasteiger partial charge in [-0.25, -0.2) is 0 Å². The molecule has 1 aromatic rings. The molecular formula is C12H18N2O. The molecule has 0 saturated heterocycles. The van der Waals surface area contributed by atoms with E-state index in [2.05, 4.69) is 11.7 Å². The maximum atomic E-state index is 11.9. The minimum atomic E-state index is 0.131. The molecule has 0 atom stereocenters. The van der Waals surface area contributed by atoms with Crippen molar-refractivity contribution >= 4 is 5.78 Å². The van der Waals surface area contributed by atoms with Crippen molar-refractivity contribution in [3.05, 3.63) is 29.6 Å². The minimum Gasteiger partial charge on any atom is -0.294 e. The zero-order valence-corrected chi connectivity index (χ0v) is 9.71. The summed E-state index contributed by atoms with van der Waals surface area (Å²) in [4.78, 5) is 11.9. The lowest BCUT2D eigenvalue weighted by molar-refractivity contribution is 0.0991. The van der Waals surface area contributed by atoms with Crippen LogP contribution in [-0.2, 0) is 13.5 Å². The number of hydrogen-bond donors (Lipinski definition) is 0. The fourth-order valence-electron chi connectivity index (χ4n) is 1.48. The lowest BCUT2D eigenvalue weighted by Crippen LogP contribution is -2.02. The number of aromatic nitrogens is 2. The summed E-state index contributed by atoms with van der Waals surface area (Å²) in [5.74, 6) is 0.131. The summed E-state index contributed by atoms with van der Waals surface area (Å²) < 4.78 is 1.70. The molecule has 1 heterocycles. The number of rotatable bonds is 5. The van der Waals surface area contributed by atoms with E-state index in [1.807, 2.05) is 20.9 Å². The molecule has 0 spiro atoms. The molecule has 0 N–H and O–H groups in total. The molecule has 1 rings (SSSR count). The molecule has 0 aliphatic heterocycles. The minimum absolute atomic E-state index is 0.131. The van der Waals surface area contributed by atoms with Gasteiger partial charge in [0, 0.05) is 19.7 Å². The van der Waals surface area contributed by atoms with Gasteiger partial charge in [0.2, 0.25) is 0 Å². The first-order valence-corrected chi connectivity index (χ1v) is 5.30. The zero-order chi connectivity index (χ0) is 11.4. The van der Waals surface area contributed by atoms with Gasteiger partial charge in [-0.05, 0) is 12.8 Å². The lowest BCUT2D eigenvalue weighted by Gasteiger charge is -2.01. The van der Waals surface area contributed by atoms with Gasteiger partial charge in [-0.2, -0.15) is 5.10 Å². The third-order valence-electron chi connectivity index (χ3n) is 2.45. The molecule has 0 fully saturated rings. The van der Waals surface area contributed by atoms with E-state index in [0.717, 1.165) is 29.7 Å². The summed E-state index contributed by atoms with van der Waals surface area (Å²) >= 11 is 0. The molecule has 0 unspecified atom stereocenters. The van der Waals surface area contributed by atoms with E-state index in [0.29, 0.717) is 6.42 Å². The van der Waals surface area contributed by atoms with E-state index in [4.69, 9.17) is 0 Å². The Kier molecular flexibility index (Phi) is 3.83. The van der Waals surface area contributed by atoms with Crippen molar-refractivity contribution in [2.45, 2.75) is 33.1 Å². The molecule has 1 aromatic heterocycles. The molecule has 0 aliphatic carbocycles. The number of carbonyl (C=O) groups excluding carboxylic acids is 1. The molecule has 15 heavy (non-hydrogen) atoms. The smallest absolute Gasteiger partial charge is 0.170 e. The highest BCUT2D eigenvalue weighted by molar-refractivity contribution is 5.98. The predicted molar refractivity (Wildman–Crippen MR) is 61.0 cm³/mol. The summed E-state index contributed by atoms with van der Waals surface area (Å²) in [7, 11) is 1.84. The Balaban J connectivity index is 2.85. The number of allylic oxidation sites excluding steroid dienone is 1. The van der Waals surface area contributed by atoms with E-state index in [-0.39, 0.29) is 5.78 Å². The first-order valence-electron chi connectivity index (χ1n) is 5.30. The van der Waals surface area contributed by atoms with Gasteiger partial charge in [0.25, 0.3) is 0 Å². The van der Waals surface area contributed by atoms with Crippen LogP contribution in [-0.4, -0.2) is 15.6 Å². The summed E-state index contributed by atoms with van der Waals surface area (Å²) in [6.07, 6.45) is 3.88. The van der Waals surface area contributed by atoms with Crippen LogP contribution in [0, 0.1) is 0 Å². The van der Waals surface area contributed by atoms with Gasteiger partial charge in [0.05, 0.1) is 11.3 Å². The molecule has 0 saturated carbocycles. The Labute approximate surface area is 90.8 Å². The first-order chi connectivity index (χ1) is 7.08. The van der Waals surface area contributed by atoms with Crippen molar-refractivity contribution in [2.24, 2.45) is 7.05 Å². The maximum Gasteiger partial charge on any atom is 0.170 e. The summed E-state index contributed by atoms with van der Waals surface area (Å²) in [5.41, 5.74) is 2.60. The number of aryl methyl sites for hydroxylation is 2. The molecule has 0 radical (unpaired) electrons. The zero-order valence-electron chi connectivity index (χ0n) is 9.71. The van der Waals surface area contributed by atoms with E-state index < -0.39 is 0 Å². The summed E-state index contributed by atoms with van der Waals surface area (Å²) in [6, 6.07) is 0. The van der Waals surface area contributed by atoms with Crippen LogP contribution in [0.3, 0.4) is 0 Å². The Morgan fingerprint density at radius 2 is 2.20 bits per heavy atom. The van der Waals surface area contributed by atoms with Crippen molar-refractivity contribution in [3.63, 3.8) is 0 Å². The Morgan fingerprint density at radius 3 is 2.73 bits per heavy atom. The van der Waals surface area contributed by atoms with Crippen molar-refractivity contribution in [1.82, 2.24) is 9.78 Å². The molecule has 3 nitrogen and oxygen atoms in total. The fraction of sp³-hybridized carbons (Fsp3) is 0.500. The van der Waals surface area contributed by atoms with Crippen LogP contribution >= 0.6 is 0 Å². The highest BCUT2D eigenvalue weighted by atomic mass is 16.1. The van der Waals surface area contributed by atoms with Crippen LogP contribution in [0.4, 0.5) is 0 Å². The Morgan fingerprint density at radius 1 is 1.53 bits per heavy atom. The van der Waals surface area contributed by atoms with Gasteiger partial charge in [0.15, 0.2) is 5.78 Å². The summed E-state index contributed by atoms with van der Waals surface area (Å²) in [6.45, 7) is 7.87. The second kappa shape index (κ2) is 4.91. The highest BCUT2D eigenvalue weighted by Crippen LogP contribution is 2.14. The van der Waals surface area contributed by atoms with Crippen LogP contribution in [0.5, 0.6) is 0 Å². The van der Waals surface area contributed by atoms with Crippen LogP contribution in [0.15, 0.2) is 18.3 Å². The van der Waals surface area contributed by atoms with E-state index in [9.17, 15) is 4.79 Å². The number of ketones is 1. The standard InChI is InChI=1S/C12H18N2O/c1-5-9(3)7-12(15)10-8-14(4)13-11(10)6-2/h8H,3,5-7H2,1-2,4H3. The average molecular weight is 206 g/mol. The lowest BCUT2D eigenvalue weighted by atomic mass is 10.0. The van der Waals surface area contributed by atoms with Crippen LogP contribution in [0.25, 0.3) is 0 Å². The molecule has 0 aliphatic rings. The predicted octanol–water partition coefficient (Wildman–Crippen LogP) is 2.52. The van der Waals surface area contributed by atoms with Gasteiger partial charge in [-0.15, -0.1) is 0 Å². The number of Topliss-reactive ketones (excluding diaryl/α,β-unsaturated/α-hetero) is 1. The number of carbonyl (C=O) groups is 1. The highest BCUT2D eigenvalue weighted by Gasteiger charge is 2.14. The van der Waals surface area contributed by atoms with Crippen molar-refractivity contribution in [2.75, 3.05) is 0 Å². The second-order valence-electron chi connectivity index (χ2n) is 3.72. The number of nitrogens with zero attached hydrogens (tertiary/aromatic N) is 2. The Bertz CT molecular complexity index is 377. The van der Waals surface area contributed by atoms with Crippen LogP contribution in [0.2, 0.25) is 0 Å². The second-order valence-corrected chi connectivity index (χ2v) is 3.72. The van der Waals surface area contributed by atoms with Crippen LogP contribution in [0.1, 0.15) is 42.7 Å². The molecule has 0 aromatic carbocycles. The van der Waals surface area contributed by atoms with Gasteiger partial charge in [0.1, 0.15) is 0 Å². The van der Waals surface area contributed by atoms with Gasteiger partial charge >= 0.3 is 0 Å². The first kappa shape index (κ1) is 11.7. The quantitative estimate of drug-likeness (QED) is 0.548. The normalized spacial score (nSPS) is 10.3. The van der Waals surface area contributed by atoms with E-state index in [1.54, 1.807) is 10.9 Å². The Hall–Kier alpha value is -1.38. The molecule has 0 bridgehead atoms. The third kappa shape index (κ3) is 2.78. The van der Waals surface area contributed by atoms with Crippen molar-refractivity contribution in [1.29, 1.82) is 0 Å². The SMILES string of the molecule is C=C(CC)CC(=O)c1cn(C)nc1CC.